The number of ether oxygens (including phenoxy) is 1. The summed E-state index contributed by atoms with van der Waals surface area (Å²) in [6.07, 6.45) is 7.34. The van der Waals surface area contributed by atoms with Crippen LogP contribution in [0.25, 0.3) is 0 Å². The first-order valence-corrected chi connectivity index (χ1v) is 9.35. The highest BCUT2D eigenvalue weighted by Gasteiger charge is 2.34. The van der Waals surface area contributed by atoms with E-state index in [1.54, 1.807) is 0 Å². The molecule has 2 rings (SSSR count). The lowest BCUT2D eigenvalue weighted by Gasteiger charge is -2.36. The van der Waals surface area contributed by atoms with E-state index in [0.29, 0.717) is 11.3 Å². The van der Waals surface area contributed by atoms with Gasteiger partial charge in [-0.25, -0.2) is 0 Å². The van der Waals surface area contributed by atoms with E-state index in [1.807, 2.05) is 0 Å². The van der Waals surface area contributed by atoms with Gasteiger partial charge in [0.15, 0.2) is 0 Å². The topological polar surface area (TPSA) is 38.3 Å². The van der Waals surface area contributed by atoms with Gasteiger partial charge in [0, 0.05) is 23.4 Å². The Morgan fingerprint density at radius 1 is 1.26 bits per heavy atom. The van der Waals surface area contributed by atoms with E-state index < -0.39 is 10.8 Å². The number of hydrogen-bond donors (Lipinski definition) is 1. The van der Waals surface area contributed by atoms with Crippen LogP contribution in [-0.4, -0.2) is 40.5 Å². The Morgan fingerprint density at radius 3 is 2.74 bits per heavy atom. The highest BCUT2D eigenvalue weighted by atomic mass is 32.2. The first-order chi connectivity index (χ1) is 9.24. The van der Waals surface area contributed by atoms with Crippen molar-refractivity contribution in [1.82, 2.24) is 5.32 Å². The van der Waals surface area contributed by atoms with Crippen molar-refractivity contribution >= 4 is 10.8 Å². The second-order valence-electron chi connectivity index (χ2n) is 5.97. The molecule has 1 heterocycles. The van der Waals surface area contributed by atoms with Gasteiger partial charge in [0.1, 0.15) is 0 Å². The van der Waals surface area contributed by atoms with Crippen molar-refractivity contribution in [2.24, 2.45) is 5.92 Å². The summed E-state index contributed by atoms with van der Waals surface area (Å²) in [5, 5.41) is 3.89. The zero-order valence-electron chi connectivity index (χ0n) is 12.4. The predicted molar refractivity (Wildman–Crippen MR) is 80.9 cm³/mol. The van der Waals surface area contributed by atoms with Crippen molar-refractivity contribution in [3.8, 4) is 0 Å². The van der Waals surface area contributed by atoms with Gasteiger partial charge >= 0.3 is 0 Å². The summed E-state index contributed by atoms with van der Waals surface area (Å²) in [7, 11) is -0.738. The van der Waals surface area contributed by atoms with Gasteiger partial charge in [-0.1, -0.05) is 20.3 Å². The first kappa shape index (κ1) is 15.5. The molecule has 112 valence electrons. The molecule has 2 fully saturated rings. The Labute approximate surface area is 120 Å². The van der Waals surface area contributed by atoms with Crippen molar-refractivity contribution in [3.05, 3.63) is 0 Å². The molecule has 1 saturated carbocycles. The molecule has 3 nitrogen and oxygen atoms in total. The molecule has 1 N–H and O–H groups in total. The number of hydrogen-bond acceptors (Lipinski definition) is 3. The highest BCUT2D eigenvalue weighted by Crippen LogP contribution is 2.31. The lowest BCUT2D eigenvalue weighted by Crippen LogP contribution is -2.47. The highest BCUT2D eigenvalue weighted by molar-refractivity contribution is 7.85. The van der Waals surface area contributed by atoms with Crippen molar-refractivity contribution in [1.29, 1.82) is 0 Å². The second kappa shape index (κ2) is 7.75. The average Bonchev–Trinajstić information content (AvgIpc) is 2.92. The van der Waals surface area contributed by atoms with Crippen LogP contribution in [0.4, 0.5) is 0 Å². The Kier molecular flexibility index (Phi) is 6.30. The van der Waals surface area contributed by atoms with E-state index >= 15 is 0 Å². The summed E-state index contributed by atoms with van der Waals surface area (Å²) in [6, 6.07) is 0.454. The fourth-order valence-electron chi connectivity index (χ4n) is 3.45. The molecule has 5 unspecified atom stereocenters. The SMILES string of the molecule is CCNC1CCC(CC)CC1S(=O)CC1CCCO1. The lowest BCUT2D eigenvalue weighted by molar-refractivity contribution is 0.128. The van der Waals surface area contributed by atoms with Crippen molar-refractivity contribution in [2.45, 2.75) is 69.8 Å². The van der Waals surface area contributed by atoms with E-state index in [-0.39, 0.29) is 6.10 Å². The molecule has 19 heavy (non-hydrogen) atoms. The molecule has 0 aromatic heterocycles. The maximum absolute atomic E-state index is 12.7. The van der Waals surface area contributed by atoms with E-state index in [1.165, 1.54) is 19.3 Å². The van der Waals surface area contributed by atoms with Gasteiger partial charge in [-0.3, -0.25) is 4.21 Å². The third-order valence-corrected chi connectivity index (χ3v) is 6.55. The van der Waals surface area contributed by atoms with Crippen LogP contribution in [0, 0.1) is 5.92 Å². The maximum atomic E-state index is 12.7. The monoisotopic (exact) mass is 287 g/mol. The average molecular weight is 287 g/mol. The molecule has 0 bridgehead atoms. The minimum atomic E-state index is -0.738. The fraction of sp³-hybridized carbons (Fsp3) is 1.00. The molecule has 2 aliphatic rings. The molecule has 0 aromatic carbocycles. The molecule has 1 aliphatic heterocycles. The minimum absolute atomic E-state index is 0.255. The Bertz CT molecular complexity index is 292. The van der Waals surface area contributed by atoms with Crippen LogP contribution < -0.4 is 5.32 Å². The van der Waals surface area contributed by atoms with Gasteiger partial charge < -0.3 is 10.1 Å². The van der Waals surface area contributed by atoms with Crippen molar-refractivity contribution in [2.75, 3.05) is 18.9 Å². The molecule has 1 aliphatic carbocycles. The Morgan fingerprint density at radius 2 is 2.11 bits per heavy atom. The van der Waals surface area contributed by atoms with Crippen LogP contribution in [0.1, 0.15) is 52.4 Å². The van der Waals surface area contributed by atoms with Crippen molar-refractivity contribution in [3.63, 3.8) is 0 Å². The van der Waals surface area contributed by atoms with Crippen LogP contribution in [0.3, 0.4) is 0 Å². The van der Waals surface area contributed by atoms with E-state index in [2.05, 4.69) is 19.2 Å². The largest absolute Gasteiger partial charge is 0.377 e. The van der Waals surface area contributed by atoms with E-state index in [9.17, 15) is 4.21 Å². The van der Waals surface area contributed by atoms with Crippen LogP contribution in [0.2, 0.25) is 0 Å². The molecular formula is C15H29NO2S. The third kappa shape index (κ3) is 4.27. The maximum Gasteiger partial charge on any atom is 0.0691 e. The van der Waals surface area contributed by atoms with Crippen LogP contribution in [-0.2, 0) is 15.5 Å². The minimum Gasteiger partial charge on any atom is -0.377 e. The quantitative estimate of drug-likeness (QED) is 0.815. The molecule has 4 heteroatoms. The Hall–Kier alpha value is 0.0700. The van der Waals surface area contributed by atoms with Gasteiger partial charge in [-0.05, 0) is 44.6 Å². The van der Waals surface area contributed by atoms with Gasteiger partial charge in [0.2, 0.25) is 0 Å². The summed E-state index contributed by atoms with van der Waals surface area (Å²) in [6.45, 7) is 6.25. The van der Waals surface area contributed by atoms with Gasteiger partial charge in [0.05, 0.1) is 17.1 Å². The van der Waals surface area contributed by atoms with Gasteiger partial charge in [-0.15, -0.1) is 0 Å². The second-order valence-corrected chi connectivity index (χ2v) is 7.67. The predicted octanol–water partition coefficient (Wildman–Crippen LogP) is 2.47. The first-order valence-electron chi connectivity index (χ1n) is 7.96. The van der Waals surface area contributed by atoms with Gasteiger partial charge in [-0.2, -0.15) is 0 Å². The fourth-order valence-corrected chi connectivity index (χ4v) is 5.41. The molecule has 0 spiro atoms. The van der Waals surface area contributed by atoms with E-state index in [0.717, 1.165) is 44.1 Å². The summed E-state index contributed by atoms with van der Waals surface area (Å²) < 4.78 is 18.3. The summed E-state index contributed by atoms with van der Waals surface area (Å²) in [5.74, 6) is 1.52. The molecular weight excluding hydrogens is 258 g/mol. The zero-order valence-corrected chi connectivity index (χ0v) is 13.2. The molecule has 5 atom stereocenters. The number of nitrogens with one attached hydrogen (secondary N) is 1. The molecule has 0 aromatic rings. The normalized spacial score (nSPS) is 37.4. The Balaban J connectivity index is 1.92. The molecule has 0 radical (unpaired) electrons. The van der Waals surface area contributed by atoms with Gasteiger partial charge in [0.25, 0.3) is 0 Å². The molecule has 0 amide bonds. The molecule has 1 saturated heterocycles. The van der Waals surface area contributed by atoms with Crippen LogP contribution in [0.15, 0.2) is 0 Å². The zero-order chi connectivity index (χ0) is 13.7. The third-order valence-electron chi connectivity index (χ3n) is 4.66. The van der Waals surface area contributed by atoms with E-state index in [4.69, 9.17) is 4.74 Å². The lowest BCUT2D eigenvalue weighted by atomic mass is 9.84. The van der Waals surface area contributed by atoms with Crippen LogP contribution >= 0.6 is 0 Å². The number of rotatable bonds is 6. The summed E-state index contributed by atoms with van der Waals surface area (Å²) >= 11 is 0. The summed E-state index contributed by atoms with van der Waals surface area (Å²) in [5.41, 5.74) is 0. The summed E-state index contributed by atoms with van der Waals surface area (Å²) in [4.78, 5) is 0. The van der Waals surface area contributed by atoms with Crippen molar-refractivity contribution < 1.29 is 8.95 Å². The standard InChI is InChI=1S/C15H29NO2S/c1-3-12-7-8-14(16-4-2)15(10-12)19(17)11-13-6-5-9-18-13/h12-16H,3-11H2,1-2H3. The van der Waals surface area contributed by atoms with Crippen LogP contribution in [0.5, 0.6) is 0 Å². The smallest absolute Gasteiger partial charge is 0.0691 e.